The fourth-order valence-corrected chi connectivity index (χ4v) is 2.59. The molecule has 0 spiro atoms. The van der Waals surface area contributed by atoms with Gasteiger partial charge in [0.1, 0.15) is 5.82 Å². The molecule has 0 bridgehead atoms. The number of ether oxygens (including phenoxy) is 2. The van der Waals surface area contributed by atoms with Gasteiger partial charge in [0, 0.05) is 17.9 Å². The molecule has 0 radical (unpaired) electrons. The van der Waals surface area contributed by atoms with Crippen LogP contribution in [0.4, 0.5) is 4.39 Å². The van der Waals surface area contributed by atoms with Crippen molar-refractivity contribution in [3.63, 3.8) is 0 Å². The summed E-state index contributed by atoms with van der Waals surface area (Å²) in [6.45, 7) is 1.96. The number of ketones is 1. The van der Waals surface area contributed by atoms with Crippen molar-refractivity contribution in [3.8, 4) is 0 Å². The van der Waals surface area contributed by atoms with Crippen LogP contribution in [-0.2, 0) is 25.5 Å². The Kier molecular flexibility index (Phi) is 4.96. The quantitative estimate of drug-likeness (QED) is 0.633. The third kappa shape index (κ3) is 3.24. The summed E-state index contributed by atoms with van der Waals surface area (Å²) in [5.41, 5.74) is -1.28. The first-order valence-corrected chi connectivity index (χ1v) is 7.09. The molecule has 1 aliphatic heterocycles. The van der Waals surface area contributed by atoms with Crippen molar-refractivity contribution < 1.29 is 23.5 Å². The second kappa shape index (κ2) is 6.54. The Morgan fingerprint density at radius 1 is 1.52 bits per heavy atom. The van der Waals surface area contributed by atoms with Crippen molar-refractivity contribution in [2.24, 2.45) is 5.41 Å². The molecule has 0 amide bonds. The van der Waals surface area contributed by atoms with Gasteiger partial charge in [0.05, 0.1) is 19.8 Å². The van der Waals surface area contributed by atoms with E-state index in [0.29, 0.717) is 5.02 Å². The smallest absolute Gasteiger partial charge is 0.322 e. The fraction of sp³-hybridized carbons (Fsp3) is 0.467. The molecule has 21 heavy (non-hydrogen) atoms. The molecule has 0 saturated carbocycles. The van der Waals surface area contributed by atoms with E-state index in [1.165, 1.54) is 18.2 Å². The van der Waals surface area contributed by atoms with E-state index in [1.54, 1.807) is 6.92 Å². The number of halogens is 2. The van der Waals surface area contributed by atoms with Crippen LogP contribution < -0.4 is 0 Å². The van der Waals surface area contributed by atoms with Gasteiger partial charge in [0.25, 0.3) is 0 Å². The van der Waals surface area contributed by atoms with Crippen molar-refractivity contribution in [1.82, 2.24) is 0 Å². The van der Waals surface area contributed by atoms with E-state index in [0.717, 1.165) is 0 Å². The van der Waals surface area contributed by atoms with Crippen LogP contribution in [-0.4, -0.2) is 31.6 Å². The molecular formula is C15H16ClFO4. The first-order chi connectivity index (χ1) is 9.99. The van der Waals surface area contributed by atoms with E-state index >= 15 is 0 Å². The average Bonchev–Trinajstić information content (AvgIpc) is 2.45. The summed E-state index contributed by atoms with van der Waals surface area (Å²) >= 11 is 5.86. The number of hydrogen-bond acceptors (Lipinski definition) is 4. The van der Waals surface area contributed by atoms with Gasteiger partial charge in [0.15, 0.2) is 11.2 Å². The van der Waals surface area contributed by atoms with E-state index in [2.05, 4.69) is 0 Å². The molecule has 1 unspecified atom stereocenters. The first kappa shape index (κ1) is 15.9. The number of benzene rings is 1. The molecule has 0 aromatic heterocycles. The third-order valence-electron chi connectivity index (χ3n) is 3.52. The fourth-order valence-electron chi connectivity index (χ4n) is 2.40. The highest BCUT2D eigenvalue weighted by Crippen LogP contribution is 2.33. The maximum absolute atomic E-state index is 13.9. The lowest BCUT2D eigenvalue weighted by Gasteiger charge is -2.33. The number of hydrogen-bond donors (Lipinski definition) is 0. The minimum Gasteiger partial charge on any atom is -0.465 e. The Balaban J connectivity index is 2.38. The van der Waals surface area contributed by atoms with Crippen LogP contribution in [0.15, 0.2) is 18.2 Å². The van der Waals surface area contributed by atoms with Gasteiger partial charge >= 0.3 is 5.97 Å². The lowest BCUT2D eigenvalue weighted by Crippen LogP contribution is -2.49. The van der Waals surface area contributed by atoms with Gasteiger partial charge in [-0.1, -0.05) is 11.6 Å². The molecule has 0 N–H and O–H groups in total. The zero-order valence-corrected chi connectivity index (χ0v) is 12.4. The predicted molar refractivity (Wildman–Crippen MR) is 74.6 cm³/mol. The summed E-state index contributed by atoms with van der Waals surface area (Å²) in [6, 6.07) is 4.04. The monoisotopic (exact) mass is 314 g/mol. The van der Waals surface area contributed by atoms with Gasteiger partial charge in [0.2, 0.25) is 0 Å². The Hall–Kier alpha value is -1.46. The van der Waals surface area contributed by atoms with Gasteiger partial charge in [-0.3, -0.25) is 9.59 Å². The van der Waals surface area contributed by atoms with Crippen LogP contribution in [0.1, 0.15) is 18.9 Å². The zero-order chi connectivity index (χ0) is 15.5. The number of rotatable bonds is 4. The Morgan fingerprint density at radius 3 is 2.95 bits per heavy atom. The number of carbonyl (C=O) groups is 2. The summed E-state index contributed by atoms with van der Waals surface area (Å²) in [4.78, 5) is 24.5. The largest absolute Gasteiger partial charge is 0.465 e. The maximum atomic E-state index is 13.9. The van der Waals surface area contributed by atoms with Gasteiger partial charge in [-0.15, -0.1) is 0 Å². The molecule has 0 aliphatic carbocycles. The molecule has 2 rings (SSSR count). The molecule has 1 fully saturated rings. The molecule has 1 aromatic rings. The number of carbonyl (C=O) groups excluding carboxylic acids is 2. The van der Waals surface area contributed by atoms with Gasteiger partial charge in [-0.05, 0) is 30.7 Å². The summed E-state index contributed by atoms with van der Waals surface area (Å²) in [7, 11) is 0. The zero-order valence-electron chi connectivity index (χ0n) is 11.7. The molecule has 1 aliphatic rings. The van der Waals surface area contributed by atoms with E-state index < -0.39 is 17.2 Å². The van der Waals surface area contributed by atoms with Gasteiger partial charge in [-0.25, -0.2) is 4.39 Å². The second-order valence-electron chi connectivity index (χ2n) is 4.94. The van der Waals surface area contributed by atoms with E-state index in [4.69, 9.17) is 21.1 Å². The van der Waals surface area contributed by atoms with Crippen molar-refractivity contribution in [1.29, 1.82) is 0 Å². The highest BCUT2D eigenvalue weighted by Gasteiger charge is 2.49. The van der Waals surface area contributed by atoms with Gasteiger partial charge < -0.3 is 9.47 Å². The first-order valence-electron chi connectivity index (χ1n) is 6.72. The average molecular weight is 315 g/mol. The van der Waals surface area contributed by atoms with Crippen LogP contribution in [0, 0.1) is 11.2 Å². The molecule has 114 valence electrons. The highest BCUT2D eigenvalue weighted by molar-refractivity contribution is 6.30. The lowest BCUT2D eigenvalue weighted by atomic mass is 9.76. The topological polar surface area (TPSA) is 52.6 Å². The van der Waals surface area contributed by atoms with Crippen LogP contribution >= 0.6 is 11.6 Å². The number of esters is 1. The maximum Gasteiger partial charge on any atom is 0.322 e. The normalized spacial score (nSPS) is 22.1. The molecule has 1 atom stereocenters. The number of Topliss-reactive ketones (excluding diaryl/α,β-unsaturated/α-hetero) is 1. The Labute approximate surface area is 127 Å². The van der Waals surface area contributed by atoms with Crippen LogP contribution in [0.25, 0.3) is 0 Å². The second-order valence-corrected chi connectivity index (χ2v) is 5.38. The van der Waals surface area contributed by atoms with E-state index in [-0.39, 0.29) is 44.0 Å². The molecule has 1 saturated heterocycles. The van der Waals surface area contributed by atoms with Crippen molar-refractivity contribution in [2.75, 3.05) is 19.8 Å². The predicted octanol–water partition coefficient (Wildman–Crippen LogP) is 2.56. The van der Waals surface area contributed by atoms with Crippen LogP contribution in [0.5, 0.6) is 0 Å². The summed E-state index contributed by atoms with van der Waals surface area (Å²) in [5, 5.41) is 0.342. The minimum absolute atomic E-state index is 0.101. The van der Waals surface area contributed by atoms with Gasteiger partial charge in [-0.2, -0.15) is 0 Å². The molecular weight excluding hydrogens is 299 g/mol. The summed E-state index contributed by atoms with van der Waals surface area (Å²) in [6.07, 6.45) is -0.00193. The van der Waals surface area contributed by atoms with Crippen molar-refractivity contribution >= 4 is 23.4 Å². The van der Waals surface area contributed by atoms with Crippen LogP contribution in [0.2, 0.25) is 5.02 Å². The molecule has 4 nitrogen and oxygen atoms in total. The lowest BCUT2D eigenvalue weighted by molar-refractivity contribution is -0.169. The Bertz CT molecular complexity index is 561. The van der Waals surface area contributed by atoms with Crippen molar-refractivity contribution in [3.05, 3.63) is 34.6 Å². The summed E-state index contributed by atoms with van der Waals surface area (Å²) < 4.78 is 24.2. The molecule has 6 heteroatoms. The summed E-state index contributed by atoms with van der Waals surface area (Å²) in [5.74, 6) is -1.47. The van der Waals surface area contributed by atoms with Crippen LogP contribution in [0.3, 0.4) is 0 Å². The van der Waals surface area contributed by atoms with Crippen molar-refractivity contribution in [2.45, 2.75) is 19.8 Å². The van der Waals surface area contributed by atoms with E-state index in [9.17, 15) is 14.0 Å². The molecule has 1 aromatic carbocycles. The molecule has 1 heterocycles. The third-order valence-corrected chi connectivity index (χ3v) is 3.76. The standard InChI is InChI=1S/C15H16ClFO4/c1-2-21-14(19)15(9-20-6-5-13(15)18)8-10-7-11(16)3-4-12(10)17/h3-4,7H,2,5-6,8-9H2,1H3. The SMILES string of the molecule is CCOC(=O)C1(Cc2cc(Cl)ccc2F)COCCC1=O. The minimum atomic E-state index is -1.49. The Morgan fingerprint density at radius 2 is 2.29 bits per heavy atom. The highest BCUT2D eigenvalue weighted by atomic mass is 35.5. The van der Waals surface area contributed by atoms with E-state index in [1.807, 2.05) is 0 Å².